The molecule has 208 valence electrons. The van der Waals surface area contributed by atoms with E-state index in [1.165, 1.54) is 6.07 Å². The first-order chi connectivity index (χ1) is 18.1. The number of furan rings is 1. The van der Waals surface area contributed by atoms with Gasteiger partial charge in [0.05, 0.1) is 18.6 Å². The summed E-state index contributed by atoms with van der Waals surface area (Å²) in [6, 6.07) is 3.46. The number of fused-ring (bicyclic) bond motifs is 1. The maximum absolute atomic E-state index is 12.2. The smallest absolute Gasteiger partial charge is 0.408 e. The summed E-state index contributed by atoms with van der Waals surface area (Å²) in [5.74, 6) is 6.50. The largest absolute Gasteiger partial charge is 0.444 e. The van der Waals surface area contributed by atoms with Crippen molar-refractivity contribution in [2.24, 2.45) is 0 Å². The Morgan fingerprint density at radius 2 is 1.89 bits per heavy atom. The van der Waals surface area contributed by atoms with Gasteiger partial charge in [-0.2, -0.15) is 11.8 Å². The molecule has 1 aromatic heterocycles. The second-order valence-electron chi connectivity index (χ2n) is 10.1. The van der Waals surface area contributed by atoms with Crippen LogP contribution in [0.5, 0.6) is 0 Å². The van der Waals surface area contributed by atoms with Crippen LogP contribution in [0.2, 0.25) is 0 Å². The molecule has 38 heavy (non-hydrogen) atoms. The van der Waals surface area contributed by atoms with E-state index in [0.717, 1.165) is 25.0 Å². The molecule has 0 aromatic carbocycles. The van der Waals surface area contributed by atoms with E-state index in [0.29, 0.717) is 36.9 Å². The van der Waals surface area contributed by atoms with E-state index in [-0.39, 0.29) is 42.2 Å². The van der Waals surface area contributed by atoms with Gasteiger partial charge >= 0.3 is 12.1 Å². The number of nitrogens with one attached hydrogen (secondary N) is 5. The molecule has 1 aromatic rings. The molecule has 0 radical (unpaired) electrons. The van der Waals surface area contributed by atoms with E-state index >= 15 is 0 Å². The van der Waals surface area contributed by atoms with Crippen LogP contribution in [0, 0.1) is 11.8 Å². The van der Waals surface area contributed by atoms with Crippen molar-refractivity contribution < 1.29 is 28.3 Å². The van der Waals surface area contributed by atoms with Gasteiger partial charge in [0.15, 0.2) is 11.5 Å². The van der Waals surface area contributed by atoms with Gasteiger partial charge in [0, 0.05) is 30.5 Å². The third kappa shape index (κ3) is 9.85. The monoisotopic (exact) mass is 547 g/mol. The quantitative estimate of drug-likeness (QED) is 0.162. The van der Waals surface area contributed by atoms with Crippen molar-refractivity contribution in [1.29, 1.82) is 0 Å². The van der Waals surface area contributed by atoms with Gasteiger partial charge in [0.2, 0.25) is 5.91 Å². The van der Waals surface area contributed by atoms with E-state index in [9.17, 15) is 19.2 Å². The highest BCUT2D eigenvalue weighted by atomic mass is 32.2. The predicted octanol–water partition coefficient (Wildman–Crippen LogP) is 2.12. The molecule has 3 atom stereocenters. The van der Waals surface area contributed by atoms with E-state index in [4.69, 9.17) is 9.15 Å². The molecule has 11 nitrogen and oxygen atoms in total. The number of alkyl carbamates (subject to hydrolysis) is 1. The Morgan fingerprint density at radius 3 is 2.68 bits per heavy atom. The first kappa shape index (κ1) is 29.2. The fourth-order valence-electron chi connectivity index (χ4n) is 4.06. The normalized spacial score (nSPS) is 19.9. The van der Waals surface area contributed by atoms with Gasteiger partial charge in [-0.25, -0.2) is 9.59 Å². The molecule has 0 saturated carbocycles. The van der Waals surface area contributed by atoms with Crippen molar-refractivity contribution in [3.05, 3.63) is 23.7 Å². The number of amides is 5. The van der Waals surface area contributed by atoms with Gasteiger partial charge in [0.25, 0.3) is 5.91 Å². The average molecular weight is 548 g/mol. The lowest BCUT2D eigenvalue weighted by molar-refractivity contribution is -0.121. The molecule has 2 aliphatic heterocycles. The Balaban J connectivity index is 1.21. The van der Waals surface area contributed by atoms with Crippen molar-refractivity contribution >= 4 is 35.7 Å². The van der Waals surface area contributed by atoms with Crippen molar-refractivity contribution in [2.75, 3.05) is 25.4 Å². The highest BCUT2D eigenvalue weighted by Crippen LogP contribution is 2.33. The predicted molar refractivity (Wildman–Crippen MR) is 144 cm³/mol. The molecule has 0 aliphatic carbocycles. The molecule has 2 aliphatic rings. The zero-order valence-electron chi connectivity index (χ0n) is 22.1. The molecule has 5 N–H and O–H groups in total. The number of ether oxygens (including phenoxy) is 1. The summed E-state index contributed by atoms with van der Waals surface area (Å²) < 4.78 is 10.5. The van der Waals surface area contributed by atoms with Crippen LogP contribution >= 0.6 is 11.8 Å². The number of rotatable bonds is 11. The van der Waals surface area contributed by atoms with Crippen LogP contribution in [0.3, 0.4) is 0 Å². The Hall–Kier alpha value is -3.33. The summed E-state index contributed by atoms with van der Waals surface area (Å²) in [5.41, 5.74) is -0.582. The van der Waals surface area contributed by atoms with Gasteiger partial charge in [-0.05, 0) is 58.1 Å². The molecule has 5 amide bonds. The highest BCUT2D eigenvalue weighted by Gasteiger charge is 2.42. The standard InChI is InChI=1S/C26H37N5O6S/c1-26(2,3)37-25(35)29-13-6-8-17-11-12-19(36-17)23(33)28-15-7-14-27-21(32)10-5-4-9-20-22-18(16-38-20)30-24(34)31-22/h11-12,18,20,22H,4-5,7,9-10,13-16H2,1-3H3,(H,27,32)(H,28,33)(H,29,35)(H2,30,31,34)/t18-,20-,22-/m0/s1. The third-order valence-electron chi connectivity index (χ3n) is 5.80. The van der Waals surface area contributed by atoms with E-state index < -0.39 is 11.7 Å². The molecule has 3 heterocycles. The maximum atomic E-state index is 12.2. The van der Waals surface area contributed by atoms with Gasteiger partial charge in [-0.1, -0.05) is 12.3 Å². The summed E-state index contributed by atoms with van der Waals surface area (Å²) in [5, 5.41) is 14.5. The van der Waals surface area contributed by atoms with Gasteiger partial charge < -0.3 is 35.7 Å². The minimum atomic E-state index is -0.582. The van der Waals surface area contributed by atoms with E-state index in [2.05, 4.69) is 38.4 Å². The Bertz CT molecular complexity index is 1060. The van der Waals surface area contributed by atoms with Gasteiger partial charge in [-0.15, -0.1) is 0 Å². The van der Waals surface area contributed by atoms with E-state index in [1.54, 1.807) is 26.8 Å². The fraction of sp³-hybridized carbons (Fsp3) is 0.615. The van der Waals surface area contributed by atoms with E-state index in [1.807, 2.05) is 11.8 Å². The van der Waals surface area contributed by atoms with Crippen LogP contribution in [0.25, 0.3) is 0 Å². The first-order valence-electron chi connectivity index (χ1n) is 12.9. The maximum Gasteiger partial charge on any atom is 0.408 e. The Labute approximate surface area is 227 Å². The number of carbonyl (C=O) groups excluding carboxylic acids is 4. The number of hydrogen-bond donors (Lipinski definition) is 5. The number of hydrogen-bond acceptors (Lipinski definition) is 7. The first-order valence-corrected chi connectivity index (χ1v) is 13.9. The summed E-state index contributed by atoms with van der Waals surface area (Å²) in [6.45, 7) is 6.26. The summed E-state index contributed by atoms with van der Waals surface area (Å²) in [6.07, 6.45) is 3.23. The molecular weight excluding hydrogens is 510 g/mol. The summed E-state index contributed by atoms with van der Waals surface area (Å²) in [7, 11) is 0. The van der Waals surface area contributed by atoms with Crippen LogP contribution in [0.4, 0.5) is 9.59 Å². The van der Waals surface area contributed by atoms with Crippen molar-refractivity contribution in [2.45, 2.75) is 75.8 Å². The van der Waals surface area contributed by atoms with Gasteiger partial charge in [-0.3, -0.25) is 9.59 Å². The number of carbonyl (C=O) groups is 4. The summed E-state index contributed by atoms with van der Waals surface area (Å²) in [4.78, 5) is 47.3. The highest BCUT2D eigenvalue weighted by molar-refractivity contribution is 8.00. The lowest BCUT2D eigenvalue weighted by Gasteiger charge is -2.18. The number of urea groups is 1. The van der Waals surface area contributed by atoms with Crippen molar-refractivity contribution in [1.82, 2.24) is 26.6 Å². The lowest BCUT2D eigenvalue weighted by Crippen LogP contribution is -2.36. The number of thioether (sulfide) groups is 1. The molecule has 0 unspecified atom stereocenters. The second kappa shape index (κ2) is 14.0. The molecule has 0 spiro atoms. The average Bonchev–Trinajstić information content (AvgIpc) is 3.55. The SMILES string of the molecule is CC(C)(C)OC(=O)NCC#Cc1ccc(C(=O)NCCCNC(=O)CCCC[C@@H]2SC[C@@H]3NC(=O)N[C@@H]32)o1. The second-order valence-corrected chi connectivity index (χ2v) is 11.4. The van der Waals surface area contributed by atoms with Crippen LogP contribution in [0.15, 0.2) is 16.5 Å². The molecule has 2 fully saturated rings. The molecular formula is C26H37N5O6S. The Morgan fingerprint density at radius 1 is 1.11 bits per heavy atom. The zero-order valence-corrected chi connectivity index (χ0v) is 22.9. The van der Waals surface area contributed by atoms with Crippen molar-refractivity contribution in [3.8, 4) is 11.8 Å². The summed E-state index contributed by atoms with van der Waals surface area (Å²) >= 11 is 1.88. The van der Waals surface area contributed by atoms with Crippen LogP contribution in [0.1, 0.15) is 69.2 Å². The third-order valence-corrected chi connectivity index (χ3v) is 7.31. The minimum absolute atomic E-state index is 0.000442. The molecule has 0 bridgehead atoms. The molecule has 2 saturated heterocycles. The van der Waals surface area contributed by atoms with Crippen LogP contribution < -0.4 is 26.6 Å². The van der Waals surface area contributed by atoms with Crippen LogP contribution in [-0.4, -0.2) is 72.3 Å². The number of unbranched alkanes of at least 4 members (excludes halogenated alkanes) is 1. The molecule has 12 heteroatoms. The fourth-order valence-corrected chi connectivity index (χ4v) is 5.60. The molecule has 3 rings (SSSR count). The lowest BCUT2D eigenvalue weighted by atomic mass is 10.0. The Kier molecular flexibility index (Phi) is 10.8. The zero-order chi connectivity index (χ0) is 27.5. The van der Waals surface area contributed by atoms with Crippen molar-refractivity contribution in [3.63, 3.8) is 0 Å². The topological polar surface area (TPSA) is 151 Å². The van der Waals surface area contributed by atoms with Crippen LogP contribution in [-0.2, 0) is 9.53 Å². The van der Waals surface area contributed by atoms with Gasteiger partial charge in [0.1, 0.15) is 5.60 Å². The minimum Gasteiger partial charge on any atom is -0.444 e.